The van der Waals surface area contributed by atoms with Crippen molar-refractivity contribution in [2.75, 3.05) is 0 Å². The highest BCUT2D eigenvalue weighted by molar-refractivity contribution is 6.34. The molecule has 0 saturated carbocycles. The molecule has 0 radical (unpaired) electrons. The molecule has 0 aliphatic rings. The second-order valence-corrected chi connectivity index (χ2v) is 5.54. The molecule has 24 heavy (non-hydrogen) atoms. The summed E-state index contributed by atoms with van der Waals surface area (Å²) in [5.74, 6) is -0.481. The minimum Gasteiger partial charge on any atom is -0.339 e. The Kier molecular flexibility index (Phi) is 3.08. The molecular weight excluding hydrogens is 348 g/mol. The van der Waals surface area contributed by atoms with Crippen molar-refractivity contribution in [1.29, 1.82) is 0 Å². The van der Waals surface area contributed by atoms with Gasteiger partial charge in [-0.2, -0.15) is 18.3 Å². The summed E-state index contributed by atoms with van der Waals surface area (Å²) in [5, 5.41) is 4.50. The van der Waals surface area contributed by atoms with Gasteiger partial charge >= 0.3 is 6.18 Å². The molecule has 0 aliphatic heterocycles. The number of nitrogens with zero attached hydrogens (tertiary/aromatic N) is 3. The lowest BCUT2D eigenvalue weighted by Gasteiger charge is -2.07. The maximum Gasteiger partial charge on any atom is 0.435 e. The van der Waals surface area contributed by atoms with Gasteiger partial charge in [-0.1, -0.05) is 11.6 Å². The fourth-order valence-corrected chi connectivity index (χ4v) is 2.84. The number of benzene rings is 1. The summed E-state index contributed by atoms with van der Waals surface area (Å²) in [6.45, 7) is 0. The van der Waals surface area contributed by atoms with Gasteiger partial charge in [0.05, 0.1) is 22.3 Å². The Morgan fingerprint density at radius 3 is 2.67 bits per heavy atom. The average molecular weight is 355 g/mol. The van der Waals surface area contributed by atoms with Crippen LogP contribution in [0.1, 0.15) is 5.69 Å². The van der Waals surface area contributed by atoms with Crippen LogP contribution in [0.5, 0.6) is 0 Å². The molecular formula is C15H7ClF4N4. The van der Waals surface area contributed by atoms with Gasteiger partial charge in [-0.05, 0) is 24.3 Å². The first kappa shape index (κ1) is 14.9. The first-order valence-corrected chi connectivity index (χ1v) is 7.11. The highest BCUT2D eigenvalue weighted by Gasteiger charge is 2.34. The minimum absolute atomic E-state index is 0.101. The van der Waals surface area contributed by atoms with Crippen LogP contribution in [0.2, 0.25) is 5.02 Å². The van der Waals surface area contributed by atoms with Crippen LogP contribution in [0.3, 0.4) is 0 Å². The minimum atomic E-state index is -4.57. The fraction of sp³-hybridized carbons (Fsp3) is 0.0667. The predicted molar refractivity (Wildman–Crippen MR) is 80.7 cm³/mol. The molecule has 3 aromatic heterocycles. The lowest BCUT2D eigenvalue weighted by Crippen LogP contribution is -2.07. The van der Waals surface area contributed by atoms with Gasteiger partial charge in [0.25, 0.3) is 0 Å². The summed E-state index contributed by atoms with van der Waals surface area (Å²) >= 11 is 6.15. The van der Waals surface area contributed by atoms with Crippen molar-refractivity contribution in [3.63, 3.8) is 0 Å². The van der Waals surface area contributed by atoms with Gasteiger partial charge in [0, 0.05) is 17.1 Å². The third kappa shape index (κ3) is 2.22. The Morgan fingerprint density at radius 2 is 1.96 bits per heavy atom. The first-order valence-electron chi connectivity index (χ1n) is 6.73. The number of hydrogen-bond donors (Lipinski definition) is 1. The highest BCUT2D eigenvalue weighted by atomic mass is 35.5. The Bertz CT molecular complexity index is 1080. The Morgan fingerprint density at radius 1 is 1.17 bits per heavy atom. The second-order valence-electron chi connectivity index (χ2n) is 5.14. The van der Waals surface area contributed by atoms with E-state index in [2.05, 4.69) is 15.1 Å². The number of hydrogen-bond acceptors (Lipinski definition) is 2. The third-order valence-electron chi connectivity index (χ3n) is 3.62. The van der Waals surface area contributed by atoms with Gasteiger partial charge in [0.1, 0.15) is 11.5 Å². The smallest absolute Gasteiger partial charge is 0.339 e. The van der Waals surface area contributed by atoms with Crippen LogP contribution in [-0.4, -0.2) is 19.7 Å². The van der Waals surface area contributed by atoms with Crippen LogP contribution in [0.25, 0.3) is 27.6 Å². The quantitative estimate of drug-likeness (QED) is 0.503. The van der Waals surface area contributed by atoms with E-state index in [1.54, 1.807) is 0 Å². The molecule has 4 rings (SSSR count). The molecule has 0 atom stereocenters. The summed E-state index contributed by atoms with van der Waals surface area (Å²) in [7, 11) is 0. The van der Waals surface area contributed by atoms with Crippen molar-refractivity contribution in [3.05, 3.63) is 53.2 Å². The van der Waals surface area contributed by atoms with Crippen LogP contribution in [-0.2, 0) is 6.18 Å². The van der Waals surface area contributed by atoms with Crippen LogP contribution in [0.15, 0.2) is 36.7 Å². The number of aromatic amines is 1. The van der Waals surface area contributed by atoms with E-state index in [9.17, 15) is 17.6 Å². The molecule has 3 heterocycles. The van der Waals surface area contributed by atoms with Crippen LogP contribution >= 0.6 is 11.6 Å². The van der Waals surface area contributed by atoms with Gasteiger partial charge < -0.3 is 4.98 Å². The molecule has 9 heteroatoms. The summed E-state index contributed by atoms with van der Waals surface area (Å²) < 4.78 is 53.0. The normalized spacial score (nSPS) is 12.4. The molecule has 0 saturated heterocycles. The number of H-pyrrole nitrogens is 1. The van der Waals surface area contributed by atoms with Crippen molar-refractivity contribution in [3.8, 4) is 5.69 Å². The summed E-state index contributed by atoms with van der Waals surface area (Å²) in [6.07, 6.45) is -2.11. The molecule has 0 bridgehead atoms. The molecule has 122 valence electrons. The van der Waals surface area contributed by atoms with Crippen molar-refractivity contribution < 1.29 is 17.6 Å². The van der Waals surface area contributed by atoms with E-state index in [-0.39, 0.29) is 10.7 Å². The molecule has 1 aromatic carbocycles. The van der Waals surface area contributed by atoms with Crippen molar-refractivity contribution in [2.45, 2.75) is 6.18 Å². The maximum atomic E-state index is 13.6. The lowest BCUT2D eigenvalue weighted by atomic mass is 10.1. The second kappa shape index (κ2) is 4.94. The zero-order chi connectivity index (χ0) is 17.1. The van der Waals surface area contributed by atoms with Gasteiger partial charge in [-0.3, -0.25) is 0 Å². The molecule has 0 aliphatic carbocycles. The standard InChI is InChI=1S/C15H7ClF4N4/c16-9-6-21-14-12(8-5-7(17)1-2-10(8)22-14)13(9)24-4-3-11(23-24)15(18,19)20/h1-6H,(H,21,22). The number of pyridine rings is 1. The topological polar surface area (TPSA) is 46.5 Å². The zero-order valence-corrected chi connectivity index (χ0v) is 12.5. The fourth-order valence-electron chi connectivity index (χ4n) is 2.61. The van der Waals surface area contributed by atoms with Gasteiger partial charge in [-0.15, -0.1) is 0 Å². The molecule has 0 unspecified atom stereocenters. The largest absolute Gasteiger partial charge is 0.435 e. The van der Waals surface area contributed by atoms with Crippen LogP contribution < -0.4 is 0 Å². The number of rotatable bonds is 1. The monoisotopic (exact) mass is 354 g/mol. The first-order chi connectivity index (χ1) is 11.3. The van der Waals surface area contributed by atoms with E-state index in [0.29, 0.717) is 21.9 Å². The number of nitrogens with one attached hydrogen (secondary N) is 1. The Hall–Kier alpha value is -2.61. The molecule has 0 amide bonds. The Balaban J connectivity index is 2.07. The Labute approximate surface area is 136 Å². The number of alkyl halides is 3. The number of halogens is 5. The summed E-state index contributed by atoms with van der Waals surface area (Å²) in [5.41, 5.74) is 0.119. The van der Waals surface area contributed by atoms with E-state index in [0.717, 1.165) is 16.9 Å². The van der Waals surface area contributed by atoms with Crippen molar-refractivity contribution in [1.82, 2.24) is 19.7 Å². The predicted octanol–water partition coefficient (Wildman–Crippen LogP) is 4.71. The SMILES string of the molecule is Fc1ccc2[nH]c3ncc(Cl)c(-n4ccc(C(F)(F)F)n4)c3c2c1. The number of fused-ring (bicyclic) bond motifs is 3. The molecule has 4 aromatic rings. The van der Waals surface area contributed by atoms with Crippen molar-refractivity contribution >= 4 is 33.5 Å². The van der Waals surface area contributed by atoms with E-state index >= 15 is 0 Å². The van der Waals surface area contributed by atoms with Crippen LogP contribution in [0, 0.1) is 5.82 Å². The van der Waals surface area contributed by atoms with E-state index in [4.69, 9.17) is 11.6 Å². The summed E-state index contributed by atoms with van der Waals surface area (Å²) in [6, 6.07) is 4.91. The van der Waals surface area contributed by atoms with Crippen molar-refractivity contribution in [2.24, 2.45) is 0 Å². The zero-order valence-electron chi connectivity index (χ0n) is 11.7. The molecule has 1 N–H and O–H groups in total. The number of aromatic nitrogens is 4. The van der Waals surface area contributed by atoms with E-state index < -0.39 is 17.7 Å². The van der Waals surface area contributed by atoms with Gasteiger partial charge in [0.15, 0.2) is 5.69 Å². The third-order valence-corrected chi connectivity index (χ3v) is 3.90. The van der Waals surface area contributed by atoms with Gasteiger partial charge in [0.2, 0.25) is 0 Å². The van der Waals surface area contributed by atoms with Gasteiger partial charge in [-0.25, -0.2) is 14.1 Å². The summed E-state index contributed by atoms with van der Waals surface area (Å²) in [4.78, 5) is 7.10. The highest BCUT2D eigenvalue weighted by Crippen LogP contribution is 2.35. The average Bonchev–Trinajstić information content (AvgIpc) is 3.12. The molecule has 0 spiro atoms. The lowest BCUT2D eigenvalue weighted by molar-refractivity contribution is -0.141. The molecule has 4 nitrogen and oxygen atoms in total. The van der Waals surface area contributed by atoms with E-state index in [1.165, 1.54) is 24.4 Å². The molecule has 0 fully saturated rings. The van der Waals surface area contributed by atoms with E-state index in [1.807, 2.05) is 0 Å². The maximum absolute atomic E-state index is 13.6. The van der Waals surface area contributed by atoms with Crippen LogP contribution in [0.4, 0.5) is 17.6 Å².